The molecule has 5 nitrogen and oxygen atoms in total. The summed E-state index contributed by atoms with van der Waals surface area (Å²) in [4.78, 5) is 26.3. The van der Waals surface area contributed by atoms with Crippen molar-refractivity contribution in [3.8, 4) is 0 Å². The highest BCUT2D eigenvalue weighted by Crippen LogP contribution is 2.21. The molecule has 1 saturated heterocycles. The Morgan fingerprint density at radius 3 is 2.48 bits per heavy atom. The van der Waals surface area contributed by atoms with Gasteiger partial charge in [-0.3, -0.25) is 9.69 Å². The van der Waals surface area contributed by atoms with Crippen LogP contribution in [0.4, 0.5) is 4.39 Å². The van der Waals surface area contributed by atoms with Crippen LogP contribution in [-0.2, 0) is 16.1 Å². The number of carboxylic acids is 1. The third-order valence-electron chi connectivity index (χ3n) is 4.91. The Balaban J connectivity index is 1.59. The van der Waals surface area contributed by atoms with E-state index in [0.717, 1.165) is 17.7 Å². The second-order valence-electron chi connectivity index (χ2n) is 7.04. The van der Waals surface area contributed by atoms with E-state index in [1.807, 2.05) is 19.1 Å². The summed E-state index contributed by atoms with van der Waals surface area (Å²) >= 11 is 0. The maximum Gasteiger partial charge on any atom is 0.330 e. The number of hydrogen-bond donors (Lipinski definition) is 2. The summed E-state index contributed by atoms with van der Waals surface area (Å²) in [6.45, 7) is 3.87. The number of hydrogen-bond acceptors (Lipinski definition) is 3. The van der Waals surface area contributed by atoms with Gasteiger partial charge in [-0.05, 0) is 43.1 Å². The first-order chi connectivity index (χ1) is 12.9. The summed E-state index contributed by atoms with van der Waals surface area (Å²) in [6, 6.07) is 12.4. The van der Waals surface area contributed by atoms with E-state index in [4.69, 9.17) is 0 Å². The molecule has 0 spiro atoms. The molecule has 1 heterocycles. The monoisotopic (exact) mass is 370 g/mol. The van der Waals surface area contributed by atoms with Crippen molar-refractivity contribution in [1.29, 1.82) is 0 Å². The van der Waals surface area contributed by atoms with E-state index in [2.05, 4.69) is 10.2 Å². The lowest BCUT2D eigenvalue weighted by Crippen LogP contribution is -2.38. The number of rotatable bonds is 6. The standard InChI is InChI=1S/C21H23FN2O3/c1-14-2-6-16(7-3-14)19(21(26)27)23-20(25)17-10-11-24(13-17)12-15-4-8-18(22)9-5-15/h2-9,17,19H,10-13H2,1H3,(H,23,25)(H,26,27). The van der Waals surface area contributed by atoms with E-state index in [-0.39, 0.29) is 17.6 Å². The van der Waals surface area contributed by atoms with Crippen LogP contribution in [0.15, 0.2) is 48.5 Å². The third-order valence-corrected chi connectivity index (χ3v) is 4.91. The molecule has 2 N–H and O–H groups in total. The number of halogens is 1. The molecule has 1 aliphatic heterocycles. The maximum atomic E-state index is 13.0. The van der Waals surface area contributed by atoms with Crippen LogP contribution in [0, 0.1) is 18.7 Å². The smallest absolute Gasteiger partial charge is 0.330 e. The topological polar surface area (TPSA) is 69.6 Å². The molecule has 0 radical (unpaired) electrons. The summed E-state index contributed by atoms with van der Waals surface area (Å²) in [7, 11) is 0. The van der Waals surface area contributed by atoms with Gasteiger partial charge in [-0.2, -0.15) is 0 Å². The van der Waals surface area contributed by atoms with Gasteiger partial charge in [0.1, 0.15) is 5.82 Å². The van der Waals surface area contributed by atoms with E-state index in [1.165, 1.54) is 12.1 Å². The number of aliphatic carboxylic acids is 1. The van der Waals surface area contributed by atoms with Gasteiger partial charge in [-0.1, -0.05) is 42.0 Å². The van der Waals surface area contributed by atoms with Crippen molar-refractivity contribution in [1.82, 2.24) is 10.2 Å². The van der Waals surface area contributed by atoms with E-state index in [9.17, 15) is 19.1 Å². The van der Waals surface area contributed by atoms with Gasteiger partial charge >= 0.3 is 5.97 Å². The van der Waals surface area contributed by atoms with Gasteiger partial charge in [-0.25, -0.2) is 9.18 Å². The van der Waals surface area contributed by atoms with Gasteiger partial charge in [0.2, 0.25) is 5.91 Å². The Morgan fingerprint density at radius 1 is 1.19 bits per heavy atom. The number of carboxylic acid groups (broad SMARTS) is 1. The summed E-state index contributed by atoms with van der Waals surface area (Å²) in [5.41, 5.74) is 2.57. The lowest BCUT2D eigenvalue weighted by atomic mass is 10.0. The lowest BCUT2D eigenvalue weighted by Gasteiger charge is -2.19. The van der Waals surface area contributed by atoms with Crippen LogP contribution in [0.25, 0.3) is 0 Å². The van der Waals surface area contributed by atoms with Crippen molar-refractivity contribution in [2.24, 2.45) is 5.92 Å². The zero-order chi connectivity index (χ0) is 19.4. The summed E-state index contributed by atoms with van der Waals surface area (Å²) in [6.07, 6.45) is 0.674. The second-order valence-corrected chi connectivity index (χ2v) is 7.04. The Morgan fingerprint density at radius 2 is 1.85 bits per heavy atom. The van der Waals surface area contributed by atoms with Crippen LogP contribution in [0.1, 0.15) is 29.2 Å². The fourth-order valence-electron chi connectivity index (χ4n) is 3.34. The largest absolute Gasteiger partial charge is 0.479 e. The number of nitrogens with zero attached hydrogens (tertiary/aromatic N) is 1. The molecule has 2 atom stereocenters. The third kappa shape index (κ3) is 4.92. The fourth-order valence-corrected chi connectivity index (χ4v) is 3.34. The minimum absolute atomic E-state index is 0.246. The lowest BCUT2D eigenvalue weighted by molar-refractivity contribution is -0.142. The number of nitrogens with one attached hydrogen (secondary N) is 1. The van der Waals surface area contributed by atoms with Crippen LogP contribution < -0.4 is 5.32 Å². The summed E-state index contributed by atoms with van der Waals surface area (Å²) in [5, 5.41) is 12.2. The predicted octanol–water partition coefficient (Wildman–Crippen LogP) is 2.90. The highest BCUT2D eigenvalue weighted by Gasteiger charge is 2.31. The average Bonchev–Trinajstić information content (AvgIpc) is 3.11. The molecule has 1 fully saturated rings. The number of carbonyl (C=O) groups is 2. The number of amides is 1. The van der Waals surface area contributed by atoms with Crippen molar-refractivity contribution in [3.05, 3.63) is 71.0 Å². The minimum Gasteiger partial charge on any atom is -0.479 e. The Kier molecular flexibility index (Phi) is 5.86. The van der Waals surface area contributed by atoms with Crippen LogP contribution in [0.5, 0.6) is 0 Å². The molecule has 2 aromatic carbocycles. The molecule has 3 rings (SSSR count). The van der Waals surface area contributed by atoms with Crippen LogP contribution in [0.3, 0.4) is 0 Å². The number of aryl methyl sites for hydroxylation is 1. The number of carbonyl (C=O) groups excluding carboxylic acids is 1. The molecule has 0 bridgehead atoms. The van der Waals surface area contributed by atoms with Gasteiger partial charge in [0.15, 0.2) is 6.04 Å². The van der Waals surface area contributed by atoms with Crippen LogP contribution in [-0.4, -0.2) is 35.0 Å². The van der Waals surface area contributed by atoms with Crippen molar-refractivity contribution < 1.29 is 19.1 Å². The van der Waals surface area contributed by atoms with Gasteiger partial charge < -0.3 is 10.4 Å². The van der Waals surface area contributed by atoms with Crippen molar-refractivity contribution in [2.75, 3.05) is 13.1 Å². The normalized spacial score (nSPS) is 18.2. The molecule has 1 amide bonds. The van der Waals surface area contributed by atoms with Gasteiger partial charge in [0, 0.05) is 13.1 Å². The van der Waals surface area contributed by atoms with E-state index in [0.29, 0.717) is 25.1 Å². The Labute approximate surface area is 157 Å². The van der Waals surface area contributed by atoms with Crippen molar-refractivity contribution >= 4 is 11.9 Å². The molecule has 0 saturated carbocycles. The molecule has 142 valence electrons. The number of benzene rings is 2. The Bertz CT molecular complexity index is 805. The second kappa shape index (κ2) is 8.31. The summed E-state index contributed by atoms with van der Waals surface area (Å²) in [5.74, 6) is -1.84. The van der Waals surface area contributed by atoms with Crippen LogP contribution >= 0.6 is 0 Å². The maximum absolute atomic E-state index is 13.0. The van der Waals surface area contributed by atoms with Gasteiger partial charge in [0.05, 0.1) is 5.92 Å². The predicted molar refractivity (Wildman–Crippen MR) is 99.5 cm³/mol. The van der Waals surface area contributed by atoms with E-state index in [1.54, 1.807) is 24.3 Å². The van der Waals surface area contributed by atoms with Crippen molar-refractivity contribution in [3.63, 3.8) is 0 Å². The quantitative estimate of drug-likeness (QED) is 0.820. The highest BCUT2D eigenvalue weighted by molar-refractivity contribution is 5.86. The molecular formula is C21H23FN2O3. The number of likely N-dealkylation sites (tertiary alicyclic amines) is 1. The SMILES string of the molecule is Cc1ccc(C(NC(=O)C2CCN(Cc3ccc(F)cc3)C2)C(=O)O)cc1. The first-order valence-electron chi connectivity index (χ1n) is 8.99. The first kappa shape index (κ1) is 19.0. The molecule has 0 aliphatic carbocycles. The average molecular weight is 370 g/mol. The zero-order valence-corrected chi connectivity index (χ0v) is 15.2. The van der Waals surface area contributed by atoms with Gasteiger partial charge in [0.25, 0.3) is 0 Å². The molecule has 2 aromatic rings. The van der Waals surface area contributed by atoms with Gasteiger partial charge in [-0.15, -0.1) is 0 Å². The zero-order valence-electron chi connectivity index (χ0n) is 15.2. The van der Waals surface area contributed by atoms with E-state index < -0.39 is 12.0 Å². The molecular weight excluding hydrogens is 347 g/mol. The summed E-state index contributed by atoms with van der Waals surface area (Å²) < 4.78 is 13.0. The Hall–Kier alpha value is -2.73. The molecule has 0 aromatic heterocycles. The molecule has 1 aliphatic rings. The molecule has 27 heavy (non-hydrogen) atoms. The minimum atomic E-state index is -1.08. The van der Waals surface area contributed by atoms with Crippen LogP contribution in [0.2, 0.25) is 0 Å². The van der Waals surface area contributed by atoms with E-state index >= 15 is 0 Å². The first-order valence-corrected chi connectivity index (χ1v) is 8.99. The molecule has 2 unspecified atom stereocenters. The fraction of sp³-hybridized carbons (Fsp3) is 0.333. The van der Waals surface area contributed by atoms with Crippen molar-refractivity contribution in [2.45, 2.75) is 25.9 Å². The highest BCUT2D eigenvalue weighted by atomic mass is 19.1. The molecule has 6 heteroatoms.